The van der Waals surface area contributed by atoms with E-state index in [1.165, 1.54) is 77.0 Å². The maximum Gasteiger partial charge on any atom is 0.472 e. The predicted octanol–water partition coefficient (Wildman–Crippen LogP) is 11.4. The van der Waals surface area contributed by atoms with Crippen LogP contribution in [-0.4, -0.2) is 81.6 Å². The third-order valence-electron chi connectivity index (χ3n) is 10.3. The summed E-state index contributed by atoms with van der Waals surface area (Å²) in [5, 5.41) is 19.0. The van der Waals surface area contributed by atoms with Crippen LogP contribution in [0.25, 0.3) is 0 Å². The zero-order valence-corrected chi connectivity index (χ0v) is 40.7. The lowest BCUT2D eigenvalue weighted by atomic mass is 9.99. The van der Waals surface area contributed by atoms with Crippen molar-refractivity contribution >= 4 is 27.6 Å². The van der Waals surface area contributed by atoms with E-state index in [9.17, 15) is 33.8 Å². The van der Waals surface area contributed by atoms with Crippen molar-refractivity contribution in [1.82, 2.24) is 0 Å². The fourth-order valence-corrected chi connectivity index (χ4v) is 7.43. The summed E-state index contributed by atoms with van der Waals surface area (Å²) in [5.74, 6) is -0.252. The Morgan fingerprint density at radius 1 is 0.524 bits per heavy atom. The molecule has 0 aromatic carbocycles. The summed E-state index contributed by atoms with van der Waals surface area (Å²) in [4.78, 5) is 52.8. The van der Waals surface area contributed by atoms with Gasteiger partial charge in [-0.15, -0.1) is 0 Å². The number of phosphoric ester groups is 2. The molecule has 0 aliphatic carbocycles. The van der Waals surface area contributed by atoms with Crippen LogP contribution in [0.4, 0.5) is 0 Å². The van der Waals surface area contributed by atoms with E-state index < -0.39 is 66.2 Å². The second-order valence-corrected chi connectivity index (χ2v) is 19.3. The molecule has 16 heteroatoms. The minimum atomic E-state index is -4.88. The van der Waals surface area contributed by atoms with E-state index in [-0.39, 0.29) is 18.9 Å². The first-order chi connectivity index (χ1) is 30.1. The molecule has 0 fully saturated rings. The average molecular weight is 937 g/mol. The van der Waals surface area contributed by atoms with Gasteiger partial charge in [-0.3, -0.25) is 23.2 Å². The molecular formula is C47H86O14P2. The molecule has 0 saturated heterocycles. The molecule has 0 spiro atoms. The minimum absolute atomic E-state index is 0.0439. The van der Waals surface area contributed by atoms with E-state index in [1.807, 2.05) is 12.2 Å². The van der Waals surface area contributed by atoms with E-state index in [0.29, 0.717) is 19.3 Å². The molecule has 0 aromatic heterocycles. The highest BCUT2D eigenvalue weighted by Crippen LogP contribution is 2.43. The summed E-state index contributed by atoms with van der Waals surface area (Å²) < 4.78 is 47.8. The zero-order chi connectivity index (χ0) is 46.9. The summed E-state index contributed by atoms with van der Waals surface area (Å²) in [6.45, 7) is 3.62. The molecule has 0 radical (unpaired) electrons. The fourth-order valence-electron chi connectivity index (χ4n) is 6.28. The molecule has 0 bridgehead atoms. The lowest BCUT2D eigenvalue weighted by molar-refractivity contribution is -0.161. The number of carbonyl (C=O) groups excluding carboxylic acids is 2. The van der Waals surface area contributed by atoms with Crippen LogP contribution >= 0.6 is 15.6 Å². The Hall–Kier alpha value is -1.96. The van der Waals surface area contributed by atoms with Gasteiger partial charge in [0.2, 0.25) is 0 Å². The third-order valence-corrected chi connectivity index (χ3v) is 11.7. The molecule has 0 saturated carbocycles. The average Bonchev–Trinajstić information content (AvgIpc) is 3.23. The predicted molar refractivity (Wildman–Crippen MR) is 250 cm³/mol. The van der Waals surface area contributed by atoms with Crippen LogP contribution in [0.3, 0.4) is 0 Å². The van der Waals surface area contributed by atoms with Gasteiger partial charge in [-0.25, -0.2) is 9.13 Å². The van der Waals surface area contributed by atoms with Crippen LogP contribution in [-0.2, 0) is 41.8 Å². The second-order valence-electron chi connectivity index (χ2n) is 16.6. The Balaban J connectivity index is 4.54. The highest BCUT2D eigenvalue weighted by atomic mass is 31.2. The molecular weight excluding hydrogens is 850 g/mol. The van der Waals surface area contributed by atoms with Crippen molar-refractivity contribution in [3.63, 3.8) is 0 Å². The Morgan fingerprint density at radius 2 is 0.968 bits per heavy atom. The van der Waals surface area contributed by atoms with Gasteiger partial charge in [-0.2, -0.15) is 0 Å². The Kier molecular flexibility index (Phi) is 40.2. The van der Waals surface area contributed by atoms with E-state index in [2.05, 4.69) is 59.4 Å². The number of hydrogen-bond acceptors (Lipinski definition) is 11. The van der Waals surface area contributed by atoms with Crippen molar-refractivity contribution in [3.8, 4) is 0 Å². The SMILES string of the molecule is CCC(C)CCCCCCCCCCCCCCCCC(=O)OC[C@H](COP(=O)(O)OC[C@@H](O)COP(=O)(O)O)OC(=O)CCC/C=C\C/C=C\C/C=C\C/C=C\CCC[C@H](C)O. The van der Waals surface area contributed by atoms with Crippen molar-refractivity contribution in [2.45, 2.75) is 206 Å². The van der Waals surface area contributed by atoms with Gasteiger partial charge in [-0.1, -0.05) is 159 Å². The molecule has 2 unspecified atom stereocenters. The number of hydrogen-bond donors (Lipinski definition) is 5. The van der Waals surface area contributed by atoms with Gasteiger partial charge in [0.05, 0.1) is 25.9 Å². The van der Waals surface area contributed by atoms with E-state index >= 15 is 0 Å². The van der Waals surface area contributed by atoms with E-state index in [4.69, 9.17) is 23.8 Å². The topological polar surface area (TPSA) is 216 Å². The Morgan fingerprint density at radius 3 is 1.48 bits per heavy atom. The highest BCUT2D eigenvalue weighted by molar-refractivity contribution is 7.47. The quantitative estimate of drug-likeness (QED) is 0.0166. The number of carbonyl (C=O) groups is 2. The van der Waals surface area contributed by atoms with Crippen LogP contribution in [0.2, 0.25) is 0 Å². The summed E-state index contributed by atoms with van der Waals surface area (Å²) in [6, 6.07) is 0. The van der Waals surface area contributed by atoms with E-state index in [1.54, 1.807) is 6.92 Å². The lowest BCUT2D eigenvalue weighted by Gasteiger charge is -2.20. The first-order valence-corrected chi connectivity index (χ1v) is 26.8. The lowest BCUT2D eigenvalue weighted by Crippen LogP contribution is -2.29. The monoisotopic (exact) mass is 937 g/mol. The standard InChI is InChI=1S/C47H86O14P2/c1-4-42(2)34-30-26-22-18-14-10-8-9-12-16-20-24-28-32-36-46(50)57-40-45(41-60-63(55,56)59-39-44(49)38-58-62(52,53)54)61-47(51)37-33-29-25-21-17-13-7-5-6-11-15-19-23-27-31-35-43(3)48/h6-7,11,13,19,21,23,25,42-45,48-49H,4-5,8-10,12,14-18,20,22,24,26-41H2,1-3H3,(H,55,56)(H2,52,53,54)/b11-6-,13-7-,23-19-,25-21-/t42?,43-,44-,45+/m0/s1. The Bertz CT molecular complexity index is 1330. The van der Waals surface area contributed by atoms with Crippen LogP contribution in [0, 0.1) is 5.92 Å². The number of esters is 2. The van der Waals surface area contributed by atoms with Gasteiger partial charge in [0.15, 0.2) is 6.10 Å². The molecule has 0 amide bonds. The number of ether oxygens (including phenoxy) is 2. The molecule has 0 aromatic rings. The van der Waals surface area contributed by atoms with Crippen LogP contribution in [0.15, 0.2) is 48.6 Å². The number of aliphatic hydroxyl groups is 2. The first kappa shape index (κ1) is 61.0. The number of rotatable bonds is 44. The number of unbranched alkanes of at least 4 members (excludes halogenated alkanes) is 15. The molecule has 14 nitrogen and oxygen atoms in total. The third kappa shape index (κ3) is 46.4. The van der Waals surface area contributed by atoms with Crippen molar-refractivity contribution in [2.75, 3.05) is 26.4 Å². The van der Waals surface area contributed by atoms with Crippen molar-refractivity contribution in [1.29, 1.82) is 0 Å². The molecule has 0 aliphatic rings. The van der Waals surface area contributed by atoms with Gasteiger partial charge in [0, 0.05) is 12.8 Å². The summed E-state index contributed by atoms with van der Waals surface area (Å²) >= 11 is 0. The smallest absolute Gasteiger partial charge is 0.462 e. The Labute approximate surface area is 380 Å². The number of allylic oxidation sites excluding steroid dienone is 8. The second kappa shape index (κ2) is 41.5. The minimum Gasteiger partial charge on any atom is -0.462 e. The van der Waals surface area contributed by atoms with E-state index in [0.717, 1.165) is 63.7 Å². The van der Waals surface area contributed by atoms with Gasteiger partial charge < -0.3 is 34.4 Å². The maximum absolute atomic E-state index is 12.7. The fraction of sp³-hybridized carbons (Fsp3) is 0.787. The van der Waals surface area contributed by atoms with Crippen molar-refractivity contribution in [2.24, 2.45) is 5.92 Å². The van der Waals surface area contributed by atoms with Crippen LogP contribution < -0.4 is 0 Å². The molecule has 0 aliphatic heterocycles. The largest absolute Gasteiger partial charge is 0.472 e. The maximum atomic E-state index is 12.7. The molecule has 63 heavy (non-hydrogen) atoms. The van der Waals surface area contributed by atoms with Gasteiger partial charge in [-0.05, 0) is 70.6 Å². The molecule has 5 atom stereocenters. The molecule has 368 valence electrons. The summed E-state index contributed by atoms with van der Waals surface area (Å²) in [7, 11) is -9.71. The molecule has 0 heterocycles. The summed E-state index contributed by atoms with van der Waals surface area (Å²) in [6.07, 6.45) is 39.5. The first-order valence-electron chi connectivity index (χ1n) is 23.8. The van der Waals surface area contributed by atoms with Crippen LogP contribution in [0.5, 0.6) is 0 Å². The zero-order valence-electron chi connectivity index (χ0n) is 38.9. The number of phosphoric acid groups is 2. The summed E-state index contributed by atoms with van der Waals surface area (Å²) in [5.41, 5.74) is 0. The van der Waals surface area contributed by atoms with Gasteiger partial charge in [0.1, 0.15) is 12.7 Å². The highest BCUT2D eigenvalue weighted by Gasteiger charge is 2.28. The van der Waals surface area contributed by atoms with Crippen molar-refractivity contribution in [3.05, 3.63) is 48.6 Å². The van der Waals surface area contributed by atoms with Gasteiger partial charge in [0.25, 0.3) is 0 Å². The molecule has 5 N–H and O–H groups in total. The molecule has 0 rings (SSSR count). The van der Waals surface area contributed by atoms with Crippen molar-refractivity contribution < 1.29 is 66.7 Å². The number of aliphatic hydroxyl groups excluding tert-OH is 2. The van der Waals surface area contributed by atoms with Crippen LogP contribution in [0.1, 0.15) is 188 Å². The normalized spacial score (nSPS) is 15.4. The van der Waals surface area contributed by atoms with Gasteiger partial charge >= 0.3 is 27.6 Å².